The van der Waals surface area contributed by atoms with Gasteiger partial charge in [-0.25, -0.2) is 9.97 Å². The van der Waals surface area contributed by atoms with E-state index in [9.17, 15) is 0 Å². The third kappa shape index (κ3) is 4.41. The van der Waals surface area contributed by atoms with Crippen molar-refractivity contribution >= 4 is 21.7 Å². The predicted molar refractivity (Wildman–Crippen MR) is 92.9 cm³/mol. The molecule has 1 aromatic heterocycles. The van der Waals surface area contributed by atoms with E-state index in [1.165, 1.54) is 31.4 Å². The Morgan fingerprint density at radius 1 is 1.10 bits per heavy atom. The molecule has 21 heavy (non-hydrogen) atoms. The van der Waals surface area contributed by atoms with Crippen molar-refractivity contribution in [1.82, 2.24) is 9.97 Å². The first-order valence-electron chi connectivity index (χ1n) is 8.45. The summed E-state index contributed by atoms with van der Waals surface area (Å²) in [6.45, 7) is 7.70. The standard InChI is InChI=1S/C17H28BrN3/c1-4-6-14-15(18)17(19-11-5-2)21-16(20-14)13-9-7-12(3)8-10-13/h12-13H,4-11H2,1-3H3,(H,19,20,21). The number of rotatable bonds is 6. The minimum atomic E-state index is 0.548. The van der Waals surface area contributed by atoms with Gasteiger partial charge in [-0.1, -0.05) is 40.0 Å². The van der Waals surface area contributed by atoms with E-state index in [0.717, 1.165) is 47.8 Å². The summed E-state index contributed by atoms with van der Waals surface area (Å²) in [7, 11) is 0. The molecule has 4 heteroatoms. The topological polar surface area (TPSA) is 37.8 Å². The van der Waals surface area contributed by atoms with Crippen LogP contribution in [-0.4, -0.2) is 16.5 Å². The molecule has 3 nitrogen and oxygen atoms in total. The van der Waals surface area contributed by atoms with Crippen LogP contribution in [0.15, 0.2) is 4.47 Å². The first kappa shape index (κ1) is 16.7. The molecule has 1 aliphatic rings. The van der Waals surface area contributed by atoms with Crippen molar-refractivity contribution in [3.05, 3.63) is 16.0 Å². The van der Waals surface area contributed by atoms with E-state index in [1.54, 1.807) is 0 Å². The number of aryl methyl sites for hydroxylation is 1. The zero-order valence-corrected chi connectivity index (χ0v) is 15.2. The predicted octanol–water partition coefficient (Wildman–Crippen LogP) is 5.31. The first-order chi connectivity index (χ1) is 10.2. The summed E-state index contributed by atoms with van der Waals surface area (Å²) in [6, 6.07) is 0. The van der Waals surface area contributed by atoms with Gasteiger partial charge in [0.2, 0.25) is 0 Å². The van der Waals surface area contributed by atoms with Gasteiger partial charge in [0.15, 0.2) is 0 Å². The molecule has 0 unspecified atom stereocenters. The van der Waals surface area contributed by atoms with E-state index in [4.69, 9.17) is 9.97 Å². The van der Waals surface area contributed by atoms with Crippen molar-refractivity contribution in [1.29, 1.82) is 0 Å². The molecule has 0 bridgehead atoms. The van der Waals surface area contributed by atoms with Crippen LogP contribution in [0.3, 0.4) is 0 Å². The lowest BCUT2D eigenvalue weighted by Gasteiger charge is -2.26. The molecule has 2 rings (SSSR count). The normalized spacial score (nSPS) is 22.3. The van der Waals surface area contributed by atoms with Gasteiger partial charge >= 0.3 is 0 Å². The number of halogens is 1. The lowest BCUT2D eigenvalue weighted by atomic mass is 9.82. The minimum Gasteiger partial charge on any atom is -0.369 e. The number of nitrogens with zero attached hydrogens (tertiary/aromatic N) is 2. The van der Waals surface area contributed by atoms with Crippen molar-refractivity contribution in [2.75, 3.05) is 11.9 Å². The summed E-state index contributed by atoms with van der Waals surface area (Å²) in [5.41, 5.74) is 1.17. The molecule has 0 spiro atoms. The fraction of sp³-hybridized carbons (Fsp3) is 0.765. The molecule has 0 saturated heterocycles. The Balaban J connectivity index is 2.25. The SMILES string of the molecule is CCCNc1nc(C2CCC(C)CC2)nc(CCC)c1Br. The molecule has 1 N–H and O–H groups in total. The highest BCUT2D eigenvalue weighted by Gasteiger charge is 2.23. The minimum absolute atomic E-state index is 0.548. The maximum absolute atomic E-state index is 4.88. The largest absolute Gasteiger partial charge is 0.369 e. The van der Waals surface area contributed by atoms with Gasteiger partial charge in [0, 0.05) is 12.5 Å². The third-order valence-electron chi connectivity index (χ3n) is 4.35. The summed E-state index contributed by atoms with van der Waals surface area (Å²) in [5, 5.41) is 3.45. The van der Waals surface area contributed by atoms with Gasteiger partial charge in [-0.2, -0.15) is 0 Å². The van der Waals surface area contributed by atoms with Crippen LogP contribution >= 0.6 is 15.9 Å². The zero-order valence-electron chi connectivity index (χ0n) is 13.6. The van der Waals surface area contributed by atoms with Crippen LogP contribution in [0.2, 0.25) is 0 Å². The van der Waals surface area contributed by atoms with Crippen LogP contribution in [0, 0.1) is 5.92 Å². The quantitative estimate of drug-likeness (QED) is 0.753. The Labute approximate surface area is 137 Å². The third-order valence-corrected chi connectivity index (χ3v) is 5.18. The molecule has 1 saturated carbocycles. The van der Waals surface area contributed by atoms with E-state index in [1.807, 2.05) is 0 Å². The molecule has 1 fully saturated rings. The zero-order chi connectivity index (χ0) is 15.2. The highest BCUT2D eigenvalue weighted by molar-refractivity contribution is 9.10. The fourth-order valence-corrected chi connectivity index (χ4v) is 3.49. The molecule has 1 aliphatic carbocycles. The van der Waals surface area contributed by atoms with Gasteiger partial charge in [0.1, 0.15) is 11.6 Å². The van der Waals surface area contributed by atoms with E-state index >= 15 is 0 Å². The summed E-state index contributed by atoms with van der Waals surface area (Å²) in [6.07, 6.45) is 8.33. The summed E-state index contributed by atoms with van der Waals surface area (Å²) in [5.74, 6) is 3.47. The monoisotopic (exact) mass is 353 g/mol. The van der Waals surface area contributed by atoms with Crippen molar-refractivity contribution in [2.24, 2.45) is 5.92 Å². The number of hydrogen-bond acceptors (Lipinski definition) is 3. The molecule has 0 radical (unpaired) electrons. The maximum atomic E-state index is 4.88. The summed E-state index contributed by atoms with van der Waals surface area (Å²) in [4.78, 5) is 9.71. The number of hydrogen-bond donors (Lipinski definition) is 1. The molecule has 0 aromatic carbocycles. The van der Waals surface area contributed by atoms with E-state index in [2.05, 4.69) is 42.0 Å². The Kier molecular flexibility index (Phi) is 6.46. The lowest BCUT2D eigenvalue weighted by Crippen LogP contribution is -2.16. The number of aromatic nitrogens is 2. The average Bonchev–Trinajstić information content (AvgIpc) is 2.49. The molecular formula is C17H28BrN3. The number of anilines is 1. The Morgan fingerprint density at radius 3 is 2.43 bits per heavy atom. The Morgan fingerprint density at radius 2 is 1.81 bits per heavy atom. The average molecular weight is 354 g/mol. The fourth-order valence-electron chi connectivity index (χ4n) is 2.98. The van der Waals surface area contributed by atoms with Crippen LogP contribution in [0.5, 0.6) is 0 Å². The van der Waals surface area contributed by atoms with E-state index in [-0.39, 0.29) is 0 Å². The molecule has 0 aliphatic heterocycles. The van der Waals surface area contributed by atoms with Gasteiger partial charge < -0.3 is 5.32 Å². The highest BCUT2D eigenvalue weighted by Crippen LogP contribution is 2.36. The van der Waals surface area contributed by atoms with Crippen molar-refractivity contribution in [3.63, 3.8) is 0 Å². The summed E-state index contributed by atoms with van der Waals surface area (Å²) < 4.78 is 1.06. The summed E-state index contributed by atoms with van der Waals surface area (Å²) >= 11 is 3.69. The second kappa shape index (κ2) is 8.11. The molecule has 1 heterocycles. The molecule has 0 atom stereocenters. The molecule has 0 amide bonds. The smallest absolute Gasteiger partial charge is 0.144 e. The lowest BCUT2D eigenvalue weighted by molar-refractivity contribution is 0.339. The van der Waals surface area contributed by atoms with Gasteiger partial charge in [-0.3, -0.25) is 0 Å². The van der Waals surface area contributed by atoms with Crippen LogP contribution in [0.25, 0.3) is 0 Å². The second-order valence-electron chi connectivity index (χ2n) is 6.32. The van der Waals surface area contributed by atoms with Crippen LogP contribution in [-0.2, 0) is 6.42 Å². The number of nitrogens with one attached hydrogen (secondary N) is 1. The van der Waals surface area contributed by atoms with Crippen molar-refractivity contribution < 1.29 is 0 Å². The van der Waals surface area contributed by atoms with E-state index < -0.39 is 0 Å². The van der Waals surface area contributed by atoms with Gasteiger partial charge in [-0.15, -0.1) is 0 Å². The molecular weight excluding hydrogens is 326 g/mol. The van der Waals surface area contributed by atoms with Crippen LogP contribution in [0.4, 0.5) is 5.82 Å². The van der Waals surface area contributed by atoms with Crippen LogP contribution < -0.4 is 5.32 Å². The van der Waals surface area contributed by atoms with Crippen molar-refractivity contribution in [3.8, 4) is 0 Å². The van der Waals surface area contributed by atoms with Gasteiger partial charge in [-0.05, 0) is 47.5 Å². The Bertz CT molecular complexity index is 454. The highest BCUT2D eigenvalue weighted by atomic mass is 79.9. The first-order valence-corrected chi connectivity index (χ1v) is 9.25. The van der Waals surface area contributed by atoms with Crippen LogP contribution in [0.1, 0.15) is 76.7 Å². The maximum Gasteiger partial charge on any atom is 0.144 e. The Hall–Kier alpha value is -0.640. The van der Waals surface area contributed by atoms with E-state index in [0.29, 0.717) is 5.92 Å². The second-order valence-corrected chi connectivity index (χ2v) is 7.12. The molecule has 1 aromatic rings. The van der Waals surface area contributed by atoms with Gasteiger partial charge in [0.05, 0.1) is 10.2 Å². The molecule has 118 valence electrons. The van der Waals surface area contributed by atoms with Gasteiger partial charge in [0.25, 0.3) is 0 Å². The van der Waals surface area contributed by atoms with Crippen molar-refractivity contribution in [2.45, 2.75) is 71.6 Å².